The molecule has 5 nitrogen and oxygen atoms in total. The van der Waals surface area contributed by atoms with E-state index in [0.717, 1.165) is 11.3 Å². The van der Waals surface area contributed by atoms with Gasteiger partial charge in [0.1, 0.15) is 4.21 Å². The molecule has 0 atom stereocenters. The van der Waals surface area contributed by atoms with Gasteiger partial charge in [-0.1, -0.05) is 29.3 Å². The molecule has 0 fully saturated rings. The number of halogens is 2. The first-order valence-electron chi connectivity index (χ1n) is 6.57. The van der Waals surface area contributed by atoms with Crippen LogP contribution in [0.2, 0.25) is 10.0 Å². The topological polar surface area (TPSA) is 66.5 Å². The lowest BCUT2D eigenvalue weighted by molar-refractivity contribution is -0.116. The van der Waals surface area contributed by atoms with Gasteiger partial charge in [-0.25, -0.2) is 13.1 Å². The van der Waals surface area contributed by atoms with Crippen molar-refractivity contribution >= 4 is 56.2 Å². The average Bonchev–Trinajstić information content (AvgIpc) is 3.01. The van der Waals surface area contributed by atoms with Gasteiger partial charge in [-0.15, -0.1) is 11.3 Å². The van der Waals surface area contributed by atoms with Crippen LogP contribution >= 0.6 is 34.5 Å². The summed E-state index contributed by atoms with van der Waals surface area (Å²) in [6, 6.07) is 8.00. The van der Waals surface area contributed by atoms with Gasteiger partial charge in [0.2, 0.25) is 15.9 Å². The fourth-order valence-electron chi connectivity index (χ4n) is 1.90. The first kappa shape index (κ1) is 18.2. The molecular weight excluding hydrogens is 379 g/mol. The Morgan fingerprint density at radius 2 is 2.00 bits per heavy atom. The van der Waals surface area contributed by atoms with E-state index >= 15 is 0 Å². The monoisotopic (exact) mass is 392 g/mol. The number of benzene rings is 1. The highest BCUT2D eigenvalue weighted by molar-refractivity contribution is 7.91. The summed E-state index contributed by atoms with van der Waals surface area (Å²) in [5.74, 6) is -0.223. The molecule has 0 radical (unpaired) electrons. The molecule has 0 aliphatic carbocycles. The van der Waals surface area contributed by atoms with Crippen molar-refractivity contribution in [2.45, 2.75) is 11.1 Å². The number of hydrogen-bond acceptors (Lipinski definition) is 4. The molecule has 9 heteroatoms. The summed E-state index contributed by atoms with van der Waals surface area (Å²) in [6.07, 6.45) is 0. The third kappa shape index (κ3) is 4.68. The van der Waals surface area contributed by atoms with E-state index in [1.54, 1.807) is 29.6 Å². The Balaban J connectivity index is 2.06. The number of thiophene rings is 1. The van der Waals surface area contributed by atoms with Gasteiger partial charge in [0.05, 0.1) is 10.0 Å². The quantitative estimate of drug-likeness (QED) is 0.818. The van der Waals surface area contributed by atoms with E-state index in [9.17, 15) is 13.2 Å². The molecule has 1 aromatic heterocycles. The van der Waals surface area contributed by atoms with Gasteiger partial charge in [0, 0.05) is 25.7 Å². The van der Waals surface area contributed by atoms with Crippen molar-refractivity contribution in [1.82, 2.24) is 4.72 Å². The number of carbonyl (C=O) groups is 1. The van der Waals surface area contributed by atoms with Crippen LogP contribution in [-0.4, -0.2) is 27.4 Å². The Kier molecular flexibility index (Phi) is 6.05. The van der Waals surface area contributed by atoms with Crippen LogP contribution in [0.1, 0.15) is 6.92 Å². The van der Waals surface area contributed by atoms with E-state index in [-0.39, 0.29) is 23.2 Å². The first-order valence-corrected chi connectivity index (χ1v) is 9.69. The van der Waals surface area contributed by atoms with Crippen LogP contribution in [0, 0.1) is 0 Å². The Labute approximate surface area is 148 Å². The number of nitrogens with zero attached hydrogens (tertiary/aromatic N) is 1. The molecule has 23 heavy (non-hydrogen) atoms. The van der Waals surface area contributed by atoms with Gasteiger partial charge in [0.15, 0.2) is 0 Å². The summed E-state index contributed by atoms with van der Waals surface area (Å²) in [5, 5.41) is 2.40. The van der Waals surface area contributed by atoms with Gasteiger partial charge in [0.25, 0.3) is 0 Å². The highest BCUT2D eigenvalue weighted by Crippen LogP contribution is 2.27. The second kappa shape index (κ2) is 7.63. The molecule has 0 unspecified atom stereocenters. The van der Waals surface area contributed by atoms with Gasteiger partial charge >= 0.3 is 0 Å². The normalized spacial score (nSPS) is 11.4. The van der Waals surface area contributed by atoms with Crippen LogP contribution in [-0.2, 0) is 14.8 Å². The van der Waals surface area contributed by atoms with Crippen molar-refractivity contribution in [3.8, 4) is 0 Å². The lowest BCUT2D eigenvalue weighted by Gasteiger charge is -2.21. The summed E-state index contributed by atoms with van der Waals surface area (Å²) in [7, 11) is -3.55. The first-order chi connectivity index (χ1) is 10.8. The lowest BCUT2D eigenvalue weighted by Crippen LogP contribution is -2.37. The maximum absolute atomic E-state index is 12.0. The van der Waals surface area contributed by atoms with E-state index in [2.05, 4.69) is 4.72 Å². The number of carbonyl (C=O) groups excluding carboxylic acids is 1. The van der Waals surface area contributed by atoms with Crippen molar-refractivity contribution in [3.05, 3.63) is 45.8 Å². The van der Waals surface area contributed by atoms with Gasteiger partial charge < -0.3 is 4.90 Å². The molecule has 2 aromatic rings. The fourth-order valence-corrected chi connectivity index (χ4v) is 4.25. The summed E-state index contributed by atoms with van der Waals surface area (Å²) in [5.41, 5.74) is 0.558. The molecule has 0 bridgehead atoms. The van der Waals surface area contributed by atoms with Gasteiger partial charge in [-0.2, -0.15) is 0 Å². The second-order valence-corrected chi connectivity index (χ2v) is 8.35. The minimum Gasteiger partial charge on any atom is -0.311 e. The van der Waals surface area contributed by atoms with E-state index in [1.807, 2.05) is 0 Å². The molecule has 1 amide bonds. The standard InChI is InChI=1S/C14H14Cl2N2O3S2/c1-10(19)18(11-4-5-12(15)13(16)9-11)7-6-17-23(20,21)14-3-2-8-22-14/h2-5,8-9,17H,6-7H2,1H3. The summed E-state index contributed by atoms with van der Waals surface area (Å²) < 4.78 is 26.8. The van der Waals surface area contributed by atoms with Crippen LogP contribution in [0.4, 0.5) is 5.69 Å². The third-order valence-corrected chi connectivity index (χ3v) is 6.58. The van der Waals surface area contributed by atoms with E-state index in [0.29, 0.717) is 15.7 Å². The Morgan fingerprint density at radius 1 is 1.26 bits per heavy atom. The Bertz CT molecular complexity index is 792. The Morgan fingerprint density at radius 3 is 2.57 bits per heavy atom. The smallest absolute Gasteiger partial charge is 0.250 e. The van der Waals surface area contributed by atoms with Crippen LogP contribution < -0.4 is 9.62 Å². The molecule has 0 saturated heterocycles. The molecule has 1 N–H and O–H groups in total. The third-order valence-electron chi connectivity index (χ3n) is 2.98. The van der Waals surface area contributed by atoms with Crippen LogP contribution in [0.5, 0.6) is 0 Å². The number of amides is 1. The van der Waals surface area contributed by atoms with Crippen molar-refractivity contribution in [2.75, 3.05) is 18.0 Å². The SMILES string of the molecule is CC(=O)N(CCNS(=O)(=O)c1cccs1)c1ccc(Cl)c(Cl)c1. The van der Waals surface area contributed by atoms with Crippen molar-refractivity contribution in [1.29, 1.82) is 0 Å². The van der Waals surface area contributed by atoms with Crippen LogP contribution in [0.25, 0.3) is 0 Å². The minimum absolute atomic E-state index is 0.0834. The number of nitrogens with one attached hydrogen (secondary N) is 1. The molecule has 2 rings (SSSR count). The minimum atomic E-state index is -3.55. The second-order valence-electron chi connectivity index (χ2n) is 4.60. The molecule has 0 aliphatic heterocycles. The van der Waals surface area contributed by atoms with E-state index < -0.39 is 10.0 Å². The molecular formula is C14H14Cl2N2O3S2. The predicted molar refractivity (Wildman–Crippen MR) is 94.0 cm³/mol. The van der Waals surface area contributed by atoms with Gasteiger partial charge in [-0.3, -0.25) is 4.79 Å². The largest absolute Gasteiger partial charge is 0.311 e. The van der Waals surface area contributed by atoms with Crippen molar-refractivity contribution in [2.24, 2.45) is 0 Å². The van der Waals surface area contributed by atoms with Crippen LogP contribution in [0.3, 0.4) is 0 Å². The molecule has 0 spiro atoms. The molecule has 1 aromatic carbocycles. The summed E-state index contributed by atoms with van der Waals surface area (Å²) in [6.45, 7) is 1.66. The van der Waals surface area contributed by atoms with Crippen LogP contribution in [0.15, 0.2) is 39.9 Å². The summed E-state index contributed by atoms with van der Waals surface area (Å²) in [4.78, 5) is 13.2. The highest BCUT2D eigenvalue weighted by atomic mass is 35.5. The van der Waals surface area contributed by atoms with Crippen molar-refractivity contribution in [3.63, 3.8) is 0 Å². The number of anilines is 1. The van der Waals surface area contributed by atoms with Crippen molar-refractivity contribution < 1.29 is 13.2 Å². The predicted octanol–water partition coefficient (Wildman–Crippen LogP) is 3.39. The average molecular weight is 393 g/mol. The molecule has 0 saturated carbocycles. The lowest BCUT2D eigenvalue weighted by atomic mass is 10.3. The maximum Gasteiger partial charge on any atom is 0.250 e. The van der Waals surface area contributed by atoms with Gasteiger partial charge in [-0.05, 0) is 29.6 Å². The zero-order valence-corrected chi connectivity index (χ0v) is 15.3. The zero-order valence-electron chi connectivity index (χ0n) is 12.1. The number of sulfonamides is 1. The van der Waals surface area contributed by atoms with E-state index in [1.165, 1.54) is 17.9 Å². The zero-order chi connectivity index (χ0) is 17.0. The number of rotatable bonds is 6. The maximum atomic E-state index is 12.0. The fraction of sp³-hybridized carbons (Fsp3) is 0.214. The molecule has 0 aliphatic rings. The molecule has 124 valence electrons. The number of hydrogen-bond donors (Lipinski definition) is 1. The Hall–Kier alpha value is -1.12. The van der Waals surface area contributed by atoms with E-state index in [4.69, 9.17) is 23.2 Å². The highest BCUT2D eigenvalue weighted by Gasteiger charge is 2.17. The molecule has 1 heterocycles. The summed E-state index contributed by atoms with van der Waals surface area (Å²) >= 11 is 12.9.